The first-order valence-electron chi connectivity index (χ1n) is 11.8. The number of rotatable bonds is 6. The molecule has 7 nitrogen and oxygen atoms in total. The van der Waals surface area contributed by atoms with Crippen LogP contribution in [0.1, 0.15) is 48.1 Å². The van der Waals surface area contributed by atoms with Crippen molar-refractivity contribution in [2.75, 3.05) is 7.11 Å². The zero-order valence-corrected chi connectivity index (χ0v) is 21.4. The van der Waals surface area contributed by atoms with E-state index in [2.05, 4.69) is 10.2 Å². The van der Waals surface area contributed by atoms with Gasteiger partial charge < -0.3 is 16.2 Å². The molecule has 4 aromatic rings. The zero-order chi connectivity index (χ0) is 29.0. The Morgan fingerprint density at radius 3 is 1.62 bits per heavy atom. The number of aromatic nitrogens is 4. The molecule has 0 bridgehead atoms. The van der Waals surface area contributed by atoms with Crippen molar-refractivity contribution in [2.24, 2.45) is 11.5 Å². The summed E-state index contributed by atoms with van der Waals surface area (Å²) in [6.07, 6.45) is -8.96. The second-order valence-electron chi connectivity index (χ2n) is 8.72. The number of nitrogens with two attached hydrogens (primary N) is 2. The van der Waals surface area contributed by atoms with Gasteiger partial charge in [-0.15, -0.1) is 0 Å². The van der Waals surface area contributed by atoms with Gasteiger partial charge in [-0.3, -0.25) is 0 Å². The Kier molecular flexibility index (Phi) is 9.07. The molecule has 4 N–H and O–H groups in total. The molecule has 0 aliphatic heterocycles. The van der Waals surface area contributed by atoms with Crippen LogP contribution in [0.15, 0.2) is 60.7 Å². The summed E-state index contributed by atoms with van der Waals surface area (Å²) in [5.74, 6) is 0.818. The lowest BCUT2D eigenvalue weighted by molar-refractivity contribution is -0.142. The van der Waals surface area contributed by atoms with Gasteiger partial charge in [-0.25, -0.2) is 9.36 Å². The summed E-state index contributed by atoms with van der Waals surface area (Å²) in [7, 11) is 1.48. The van der Waals surface area contributed by atoms with E-state index in [0.29, 0.717) is 22.8 Å². The average Bonchev–Trinajstić information content (AvgIpc) is 3.54. The molecule has 0 fully saturated rings. The van der Waals surface area contributed by atoms with E-state index in [0.717, 1.165) is 17.7 Å². The number of hydrogen-bond acceptors (Lipinski definition) is 5. The summed E-state index contributed by atoms with van der Waals surface area (Å²) >= 11 is 0. The maximum absolute atomic E-state index is 12.7. The van der Waals surface area contributed by atoms with E-state index in [1.807, 2.05) is 26.0 Å². The van der Waals surface area contributed by atoms with Crippen molar-refractivity contribution in [1.82, 2.24) is 19.6 Å². The van der Waals surface area contributed by atoms with Crippen molar-refractivity contribution in [3.05, 3.63) is 89.0 Å². The minimum absolute atomic E-state index is 0.00497. The van der Waals surface area contributed by atoms with Gasteiger partial charge in [-0.05, 0) is 47.9 Å². The first-order valence-corrected chi connectivity index (χ1v) is 11.8. The van der Waals surface area contributed by atoms with Crippen LogP contribution in [0, 0.1) is 0 Å². The highest BCUT2D eigenvalue weighted by Gasteiger charge is 2.35. The highest BCUT2D eigenvalue weighted by atomic mass is 19.4. The van der Waals surface area contributed by atoms with E-state index in [-0.39, 0.29) is 24.7 Å². The van der Waals surface area contributed by atoms with E-state index < -0.39 is 23.7 Å². The van der Waals surface area contributed by atoms with Crippen molar-refractivity contribution in [2.45, 2.75) is 45.2 Å². The summed E-state index contributed by atoms with van der Waals surface area (Å²) < 4.78 is 83.5. The van der Waals surface area contributed by atoms with Gasteiger partial charge in [0, 0.05) is 19.2 Å². The lowest BCUT2D eigenvalue weighted by atomic mass is 10.0. The molecule has 0 atom stereocenters. The monoisotopic (exact) mass is 554 g/mol. The van der Waals surface area contributed by atoms with Gasteiger partial charge >= 0.3 is 12.4 Å². The molecule has 0 radical (unpaired) electrons. The number of ether oxygens (including phenoxy) is 1. The highest BCUT2D eigenvalue weighted by molar-refractivity contribution is 5.41. The highest BCUT2D eigenvalue weighted by Crippen LogP contribution is 2.31. The van der Waals surface area contributed by atoms with Crippen molar-refractivity contribution >= 4 is 0 Å². The number of benzene rings is 2. The molecule has 4 rings (SSSR count). The van der Waals surface area contributed by atoms with Crippen molar-refractivity contribution in [3.63, 3.8) is 0 Å². The van der Waals surface area contributed by atoms with Gasteiger partial charge in [-0.2, -0.15) is 36.5 Å². The van der Waals surface area contributed by atoms with Crippen LogP contribution in [0.25, 0.3) is 11.4 Å². The maximum atomic E-state index is 12.7. The van der Waals surface area contributed by atoms with Gasteiger partial charge in [0.15, 0.2) is 11.4 Å². The molecule has 0 amide bonds. The Balaban J connectivity index is 0.000000216. The Bertz CT molecular complexity index is 1390. The molecule has 0 unspecified atom stereocenters. The fraction of sp³-hybridized carbons (Fsp3) is 0.308. The van der Waals surface area contributed by atoms with Crippen molar-refractivity contribution < 1.29 is 31.1 Å². The van der Waals surface area contributed by atoms with Crippen LogP contribution >= 0.6 is 0 Å². The molecule has 2 heterocycles. The minimum Gasteiger partial charge on any atom is -0.497 e. The minimum atomic E-state index is -4.49. The Morgan fingerprint density at radius 2 is 1.21 bits per heavy atom. The van der Waals surface area contributed by atoms with Gasteiger partial charge in [0.2, 0.25) is 0 Å². The molecule has 2 aromatic carbocycles. The van der Waals surface area contributed by atoms with Crippen LogP contribution < -0.4 is 16.2 Å². The first-order chi connectivity index (χ1) is 18.3. The number of alkyl halides is 6. The zero-order valence-electron chi connectivity index (χ0n) is 21.4. The molecular weight excluding hydrogens is 526 g/mol. The van der Waals surface area contributed by atoms with E-state index in [1.54, 1.807) is 36.4 Å². The number of methoxy groups -OCH3 is 1. The van der Waals surface area contributed by atoms with Gasteiger partial charge in [0.1, 0.15) is 5.75 Å². The number of nitrogens with zero attached hydrogens (tertiary/aromatic N) is 4. The van der Waals surface area contributed by atoms with Crippen LogP contribution in [0.4, 0.5) is 26.3 Å². The summed E-state index contributed by atoms with van der Waals surface area (Å²) in [6, 6.07) is 15.8. The molecule has 210 valence electrons. The molecule has 0 spiro atoms. The molecule has 13 heteroatoms. The van der Waals surface area contributed by atoms with Gasteiger partial charge in [0.05, 0.1) is 29.9 Å². The third-order valence-electron chi connectivity index (χ3n) is 5.64. The standard InChI is InChI=1S/C14H16F3N3.C12H12F3N3O/c1-9(2)10-4-3-5-11(6-10)20-12(8-18)7-13(19-20)14(15,16)17;1-19-10-4-2-3-8(5-10)18-9(7-16)6-11(17-18)12(13,14)15/h3-7,9H,8,18H2,1-2H3;2-6H,7,16H2,1H3. The van der Waals surface area contributed by atoms with Crippen LogP contribution in [-0.2, 0) is 25.4 Å². The molecular formula is C26H28F6N6O. The van der Waals surface area contributed by atoms with Gasteiger partial charge in [-0.1, -0.05) is 32.0 Å². The normalized spacial score (nSPS) is 11.9. The Hall–Kier alpha value is -3.84. The average molecular weight is 555 g/mol. The summed E-state index contributed by atoms with van der Waals surface area (Å²) in [6.45, 7) is 4.00. The van der Waals surface area contributed by atoms with Crippen molar-refractivity contribution in [3.8, 4) is 17.1 Å². The largest absolute Gasteiger partial charge is 0.497 e. The molecule has 0 aliphatic rings. The summed E-state index contributed by atoms with van der Waals surface area (Å²) in [5.41, 5.74) is 11.8. The van der Waals surface area contributed by atoms with Gasteiger partial charge in [0.25, 0.3) is 0 Å². The predicted molar refractivity (Wildman–Crippen MR) is 134 cm³/mol. The third kappa shape index (κ3) is 7.18. The fourth-order valence-electron chi connectivity index (χ4n) is 3.61. The number of halogens is 6. The fourth-order valence-corrected chi connectivity index (χ4v) is 3.61. The maximum Gasteiger partial charge on any atom is 0.435 e. The summed E-state index contributed by atoms with van der Waals surface area (Å²) in [5, 5.41) is 7.19. The Labute approximate surface area is 221 Å². The lowest BCUT2D eigenvalue weighted by Crippen LogP contribution is -2.09. The predicted octanol–water partition coefficient (Wildman–Crippen LogP) is 5.83. The van der Waals surface area contributed by atoms with E-state index in [9.17, 15) is 26.3 Å². The smallest absolute Gasteiger partial charge is 0.435 e. The van der Waals surface area contributed by atoms with E-state index in [1.165, 1.54) is 16.5 Å². The van der Waals surface area contributed by atoms with Crippen LogP contribution in [-0.4, -0.2) is 26.7 Å². The number of hydrogen-bond donors (Lipinski definition) is 2. The lowest BCUT2D eigenvalue weighted by Gasteiger charge is -2.10. The molecule has 2 aromatic heterocycles. The topological polar surface area (TPSA) is 96.9 Å². The SMILES string of the molecule is CC(C)c1cccc(-n2nc(C(F)(F)F)cc2CN)c1.COc1cccc(-n2nc(C(F)(F)F)cc2CN)c1. The second-order valence-corrected chi connectivity index (χ2v) is 8.72. The summed E-state index contributed by atoms with van der Waals surface area (Å²) in [4.78, 5) is 0. The first kappa shape index (κ1) is 29.7. The van der Waals surface area contributed by atoms with Crippen LogP contribution in [0.2, 0.25) is 0 Å². The second kappa shape index (κ2) is 11.9. The van der Waals surface area contributed by atoms with E-state index in [4.69, 9.17) is 16.2 Å². The van der Waals surface area contributed by atoms with Crippen LogP contribution in [0.3, 0.4) is 0 Å². The third-order valence-corrected chi connectivity index (χ3v) is 5.64. The Morgan fingerprint density at radius 1 is 0.744 bits per heavy atom. The quantitative estimate of drug-likeness (QED) is 0.292. The van der Waals surface area contributed by atoms with E-state index >= 15 is 0 Å². The van der Waals surface area contributed by atoms with Crippen LogP contribution in [0.5, 0.6) is 5.75 Å². The van der Waals surface area contributed by atoms with Crippen molar-refractivity contribution in [1.29, 1.82) is 0 Å². The molecule has 0 saturated carbocycles. The molecule has 0 aliphatic carbocycles. The molecule has 39 heavy (non-hydrogen) atoms. The molecule has 0 saturated heterocycles.